The van der Waals surface area contributed by atoms with Crippen LogP contribution in [0.25, 0.3) is 0 Å². The van der Waals surface area contributed by atoms with Crippen molar-refractivity contribution in [1.82, 2.24) is 0 Å². The van der Waals surface area contributed by atoms with Gasteiger partial charge in [0.2, 0.25) is 0 Å². The average Bonchev–Trinajstić information content (AvgIpc) is 2.20. The normalized spacial score (nSPS) is 11.8. The van der Waals surface area contributed by atoms with Gasteiger partial charge in [0.25, 0.3) is 0 Å². The predicted molar refractivity (Wildman–Crippen MR) is 63.9 cm³/mol. The molecule has 0 heterocycles. The minimum atomic E-state index is -4.52. The van der Waals surface area contributed by atoms with Crippen molar-refractivity contribution in [2.45, 2.75) is 6.18 Å². The Morgan fingerprint density at radius 2 is 2.11 bits per heavy atom. The highest BCUT2D eigenvalue weighted by molar-refractivity contribution is 9.10. The molecule has 0 amide bonds. The Morgan fingerprint density at radius 1 is 1.50 bits per heavy atom. The summed E-state index contributed by atoms with van der Waals surface area (Å²) in [5, 5.41) is 11.3. The third-order valence-electron chi connectivity index (χ3n) is 1.72. The minimum absolute atomic E-state index is 0.0184. The standard InChI is InChI=1S/C9H5BrClF3N2O2/c10-5-1-4(9(12,13)14)2-6(11)8(5)16-15-3-7(17)18/h1-3,16H,(H,17,18)/b15-3+. The van der Waals surface area contributed by atoms with E-state index < -0.39 is 17.7 Å². The van der Waals surface area contributed by atoms with Crippen LogP contribution in [0, 0.1) is 0 Å². The molecule has 1 aromatic rings. The zero-order valence-electron chi connectivity index (χ0n) is 8.42. The van der Waals surface area contributed by atoms with E-state index in [0.717, 1.165) is 6.07 Å². The molecule has 0 aliphatic heterocycles. The van der Waals surface area contributed by atoms with Crippen LogP contribution in [0.15, 0.2) is 21.7 Å². The van der Waals surface area contributed by atoms with E-state index in [0.29, 0.717) is 12.3 Å². The first-order valence-corrected chi connectivity index (χ1v) is 5.47. The highest BCUT2D eigenvalue weighted by Crippen LogP contribution is 2.38. The lowest BCUT2D eigenvalue weighted by molar-refractivity contribution is -0.137. The second kappa shape index (κ2) is 5.57. The molecule has 0 aromatic heterocycles. The molecule has 0 spiro atoms. The minimum Gasteiger partial charge on any atom is -0.477 e. The Balaban J connectivity index is 3.06. The first-order chi connectivity index (χ1) is 8.21. The SMILES string of the molecule is O=C(O)/C=N/Nc1c(Cl)cc(C(F)(F)F)cc1Br. The second-order valence-corrected chi connectivity index (χ2v) is 4.28. The van der Waals surface area contributed by atoms with E-state index in [-0.39, 0.29) is 15.2 Å². The van der Waals surface area contributed by atoms with E-state index in [1.54, 1.807) is 0 Å². The van der Waals surface area contributed by atoms with Crippen LogP contribution in [0.4, 0.5) is 18.9 Å². The van der Waals surface area contributed by atoms with Crippen molar-refractivity contribution in [3.63, 3.8) is 0 Å². The Labute approximate surface area is 113 Å². The van der Waals surface area contributed by atoms with Gasteiger partial charge in [-0.25, -0.2) is 4.79 Å². The van der Waals surface area contributed by atoms with Crippen LogP contribution in [0.3, 0.4) is 0 Å². The van der Waals surface area contributed by atoms with Crippen LogP contribution in [-0.4, -0.2) is 17.3 Å². The lowest BCUT2D eigenvalue weighted by atomic mass is 10.2. The Morgan fingerprint density at radius 3 is 2.56 bits per heavy atom. The fourth-order valence-electron chi connectivity index (χ4n) is 0.996. The molecule has 18 heavy (non-hydrogen) atoms. The summed E-state index contributed by atoms with van der Waals surface area (Å²) in [7, 11) is 0. The number of hydrogen-bond acceptors (Lipinski definition) is 3. The van der Waals surface area contributed by atoms with Gasteiger partial charge in [-0.3, -0.25) is 5.43 Å². The maximum atomic E-state index is 12.4. The zero-order chi connectivity index (χ0) is 13.9. The summed E-state index contributed by atoms with van der Waals surface area (Å²) in [6, 6.07) is 1.52. The van der Waals surface area contributed by atoms with E-state index in [9.17, 15) is 18.0 Å². The second-order valence-electron chi connectivity index (χ2n) is 3.02. The van der Waals surface area contributed by atoms with Crippen LogP contribution in [0.5, 0.6) is 0 Å². The lowest BCUT2D eigenvalue weighted by Crippen LogP contribution is -2.06. The molecule has 0 unspecified atom stereocenters. The summed E-state index contributed by atoms with van der Waals surface area (Å²) in [5.41, 5.74) is 1.35. The van der Waals surface area contributed by atoms with Gasteiger partial charge in [-0.1, -0.05) is 11.6 Å². The van der Waals surface area contributed by atoms with Gasteiger partial charge in [0.15, 0.2) is 0 Å². The number of alkyl halides is 3. The van der Waals surface area contributed by atoms with Crippen LogP contribution in [-0.2, 0) is 11.0 Å². The van der Waals surface area contributed by atoms with Crippen LogP contribution >= 0.6 is 27.5 Å². The fourth-order valence-corrected chi connectivity index (χ4v) is 1.92. The number of hydrazone groups is 1. The summed E-state index contributed by atoms with van der Waals surface area (Å²) in [4.78, 5) is 10.2. The Hall–Kier alpha value is -1.28. The molecule has 2 N–H and O–H groups in total. The van der Waals surface area contributed by atoms with Crippen molar-refractivity contribution in [2.75, 3.05) is 5.43 Å². The quantitative estimate of drug-likeness (QED) is 0.650. The monoisotopic (exact) mass is 344 g/mol. The Kier molecular flexibility index (Phi) is 4.58. The summed E-state index contributed by atoms with van der Waals surface area (Å²) in [6.07, 6.45) is -3.98. The molecule has 0 atom stereocenters. The van der Waals surface area contributed by atoms with Gasteiger partial charge in [0, 0.05) is 4.47 Å². The van der Waals surface area contributed by atoms with Crippen molar-refractivity contribution >= 4 is 45.4 Å². The topological polar surface area (TPSA) is 61.7 Å². The largest absolute Gasteiger partial charge is 0.477 e. The number of carboxylic acids is 1. The van der Waals surface area contributed by atoms with E-state index in [2.05, 4.69) is 26.5 Å². The molecule has 1 aromatic carbocycles. The molecule has 98 valence electrons. The van der Waals surface area contributed by atoms with Gasteiger partial charge < -0.3 is 5.11 Å². The van der Waals surface area contributed by atoms with Crippen molar-refractivity contribution < 1.29 is 23.1 Å². The van der Waals surface area contributed by atoms with E-state index in [1.165, 1.54) is 0 Å². The van der Waals surface area contributed by atoms with Gasteiger partial charge in [-0.15, -0.1) is 0 Å². The van der Waals surface area contributed by atoms with Crippen LogP contribution in [0.1, 0.15) is 5.56 Å². The third kappa shape index (κ3) is 3.88. The van der Waals surface area contributed by atoms with E-state index in [4.69, 9.17) is 16.7 Å². The summed E-state index contributed by atoms with van der Waals surface area (Å²) < 4.78 is 37.3. The molecule has 0 saturated heterocycles. The van der Waals surface area contributed by atoms with Gasteiger partial charge in [-0.05, 0) is 28.1 Å². The Bertz CT molecular complexity index is 482. The molecule has 0 saturated carbocycles. The smallest absolute Gasteiger partial charge is 0.416 e. The molecule has 0 bridgehead atoms. The number of aliphatic carboxylic acids is 1. The number of carboxylic acid groups (broad SMARTS) is 1. The molecule has 0 radical (unpaired) electrons. The highest BCUT2D eigenvalue weighted by atomic mass is 79.9. The lowest BCUT2D eigenvalue weighted by Gasteiger charge is -2.11. The molecule has 0 aliphatic rings. The molecular formula is C9H5BrClF3N2O2. The van der Waals surface area contributed by atoms with Gasteiger partial charge in [-0.2, -0.15) is 18.3 Å². The summed E-state index contributed by atoms with van der Waals surface area (Å²) >= 11 is 8.53. The number of benzene rings is 1. The molecule has 9 heteroatoms. The maximum Gasteiger partial charge on any atom is 0.416 e. The maximum absolute atomic E-state index is 12.4. The van der Waals surface area contributed by atoms with E-state index >= 15 is 0 Å². The summed E-state index contributed by atoms with van der Waals surface area (Å²) in [6.45, 7) is 0. The van der Waals surface area contributed by atoms with E-state index in [1.807, 2.05) is 0 Å². The third-order valence-corrected chi connectivity index (χ3v) is 2.64. The molecule has 1 rings (SSSR count). The molecule has 0 fully saturated rings. The number of nitrogens with one attached hydrogen (secondary N) is 1. The van der Waals surface area contributed by atoms with Crippen molar-refractivity contribution in [1.29, 1.82) is 0 Å². The fraction of sp³-hybridized carbons (Fsp3) is 0.111. The van der Waals surface area contributed by atoms with Crippen LogP contribution in [0.2, 0.25) is 5.02 Å². The number of hydrogen-bond donors (Lipinski definition) is 2. The zero-order valence-corrected chi connectivity index (χ0v) is 10.8. The van der Waals surface area contributed by atoms with Crippen LogP contribution < -0.4 is 5.43 Å². The first-order valence-electron chi connectivity index (χ1n) is 4.30. The highest BCUT2D eigenvalue weighted by Gasteiger charge is 2.31. The van der Waals surface area contributed by atoms with Crippen molar-refractivity contribution in [3.8, 4) is 0 Å². The molecule has 0 aliphatic carbocycles. The first kappa shape index (κ1) is 14.8. The van der Waals surface area contributed by atoms with Gasteiger partial charge in [0.1, 0.15) is 6.21 Å². The summed E-state index contributed by atoms with van der Waals surface area (Å²) in [5.74, 6) is -1.30. The average molecular weight is 346 g/mol. The van der Waals surface area contributed by atoms with Gasteiger partial charge >= 0.3 is 12.1 Å². The number of nitrogens with zero attached hydrogens (tertiary/aromatic N) is 1. The van der Waals surface area contributed by atoms with Crippen molar-refractivity contribution in [3.05, 3.63) is 27.2 Å². The number of rotatable bonds is 3. The predicted octanol–water partition coefficient (Wildman–Crippen LogP) is 3.60. The number of halogens is 5. The van der Waals surface area contributed by atoms with Gasteiger partial charge in [0.05, 0.1) is 16.3 Å². The molecule has 4 nitrogen and oxygen atoms in total. The molecular weight excluding hydrogens is 340 g/mol. The van der Waals surface area contributed by atoms with Crippen molar-refractivity contribution in [2.24, 2.45) is 5.10 Å². The number of carbonyl (C=O) groups is 1. The number of anilines is 1.